The van der Waals surface area contributed by atoms with Gasteiger partial charge in [0.1, 0.15) is 5.82 Å². The highest BCUT2D eigenvalue weighted by Gasteiger charge is 2.07. The van der Waals surface area contributed by atoms with E-state index in [2.05, 4.69) is 37.1 Å². The summed E-state index contributed by atoms with van der Waals surface area (Å²) in [5.41, 5.74) is 8.01. The summed E-state index contributed by atoms with van der Waals surface area (Å²) in [5, 5.41) is 4.05. The molecule has 0 saturated heterocycles. The fourth-order valence-electron chi connectivity index (χ4n) is 1.61. The van der Waals surface area contributed by atoms with E-state index in [0.29, 0.717) is 10.8 Å². The van der Waals surface area contributed by atoms with E-state index >= 15 is 0 Å². The van der Waals surface area contributed by atoms with Crippen molar-refractivity contribution in [2.75, 3.05) is 12.3 Å². The first-order chi connectivity index (χ1) is 8.29. The van der Waals surface area contributed by atoms with E-state index in [9.17, 15) is 0 Å². The van der Waals surface area contributed by atoms with Crippen molar-refractivity contribution in [1.82, 2.24) is 10.3 Å². The fourth-order valence-corrected chi connectivity index (χ4v) is 1.77. The normalized spacial score (nSPS) is 12.8. The van der Waals surface area contributed by atoms with Gasteiger partial charge in [-0.3, -0.25) is 0 Å². The maximum atomic E-state index is 5.92. The molecule has 0 radical (unpaired) electrons. The Hall–Kier alpha value is -1.06. The van der Waals surface area contributed by atoms with Gasteiger partial charge in [0.05, 0.1) is 5.02 Å². The number of rotatable bonds is 4. The van der Waals surface area contributed by atoms with Crippen molar-refractivity contribution in [2.45, 2.75) is 39.7 Å². The molecule has 100 valence electrons. The van der Waals surface area contributed by atoms with Crippen LogP contribution >= 0.6 is 11.6 Å². The molecule has 1 aromatic heterocycles. The highest BCUT2D eigenvalue weighted by atomic mass is 35.5. The molecule has 0 spiro atoms. The van der Waals surface area contributed by atoms with Crippen LogP contribution in [-0.2, 0) is 0 Å². The average molecular weight is 268 g/mol. The lowest BCUT2D eigenvalue weighted by atomic mass is 10.1. The van der Waals surface area contributed by atoms with Crippen LogP contribution in [0.3, 0.4) is 0 Å². The quantitative estimate of drug-likeness (QED) is 0.821. The van der Waals surface area contributed by atoms with Crippen LogP contribution in [0.2, 0.25) is 5.02 Å². The van der Waals surface area contributed by atoms with Crippen molar-refractivity contribution in [3.63, 3.8) is 0 Å². The number of pyridine rings is 1. The number of nitrogens with one attached hydrogen (secondary N) is 1. The number of halogens is 1. The summed E-state index contributed by atoms with van der Waals surface area (Å²) in [6, 6.07) is 1.85. The van der Waals surface area contributed by atoms with Crippen LogP contribution in [0.1, 0.15) is 39.7 Å². The summed E-state index contributed by atoms with van der Waals surface area (Å²) in [4.78, 5) is 4.06. The first kappa shape index (κ1) is 15.0. The van der Waals surface area contributed by atoms with Gasteiger partial charge in [0.2, 0.25) is 0 Å². The van der Waals surface area contributed by atoms with Gasteiger partial charge in [-0.25, -0.2) is 4.98 Å². The number of nitrogen functional groups attached to an aromatic ring is 1. The molecule has 1 rings (SSSR count). The van der Waals surface area contributed by atoms with Crippen LogP contribution in [-0.4, -0.2) is 17.1 Å². The standard InChI is InChI=1S/C14H22ClN3/c1-10(6-5-7-18-14(2,3)4)12-8-11(15)9-17-13(12)16/h6,8-9,18H,5,7H2,1-4H3,(H2,16,17). The predicted octanol–water partition coefficient (Wildman–Crippen LogP) is 3.50. The molecule has 0 bridgehead atoms. The third-order valence-electron chi connectivity index (χ3n) is 2.56. The Morgan fingerprint density at radius 1 is 1.50 bits per heavy atom. The van der Waals surface area contributed by atoms with Crippen molar-refractivity contribution in [3.05, 3.63) is 28.9 Å². The Kier molecular flexibility index (Phi) is 5.17. The fraction of sp³-hybridized carbons (Fsp3) is 0.500. The molecular formula is C14H22ClN3. The lowest BCUT2D eigenvalue weighted by Crippen LogP contribution is -2.36. The van der Waals surface area contributed by atoms with Gasteiger partial charge >= 0.3 is 0 Å². The molecule has 4 heteroatoms. The van der Waals surface area contributed by atoms with Crippen molar-refractivity contribution >= 4 is 23.0 Å². The molecule has 1 heterocycles. The lowest BCUT2D eigenvalue weighted by Gasteiger charge is -2.19. The lowest BCUT2D eigenvalue weighted by molar-refractivity contribution is 0.431. The number of nitrogens with two attached hydrogens (primary N) is 1. The van der Waals surface area contributed by atoms with Crippen molar-refractivity contribution in [3.8, 4) is 0 Å². The third-order valence-corrected chi connectivity index (χ3v) is 2.77. The minimum atomic E-state index is 0.151. The van der Waals surface area contributed by atoms with Crippen LogP contribution in [0, 0.1) is 0 Å². The zero-order chi connectivity index (χ0) is 13.8. The van der Waals surface area contributed by atoms with Crippen LogP contribution in [0.15, 0.2) is 18.3 Å². The van der Waals surface area contributed by atoms with Gasteiger partial charge in [-0.1, -0.05) is 17.7 Å². The summed E-state index contributed by atoms with van der Waals surface area (Å²) in [5.74, 6) is 0.525. The number of nitrogens with zero attached hydrogens (tertiary/aromatic N) is 1. The topological polar surface area (TPSA) is 50.9 Å². The molecule has 3 nitrogen and oxygen atoms in total. The molecule has 0 fully saturated rings. The molecule has 0 saturated carbocycles. The van der Waals surface area contributed by atoms with Gasteiger partial charge in [-0.05, 0) is 52.3 Å². The van der Waals surface area contributed by atoms with Gasteiger partial charge in [-0.2, -0.15) is 0 Å². The van der Waals surface area contributed by atoms with E-state index < -0.39 is 0 Å². The maximum absolute atomic E-state index is 5.92. The molecule has 0 unspecified atom stereocenters. The highest BCUT2D eigenvalue weighted by molar-refractivity contribution is 6.30. The minimum absolute atomic E-state index is 0.151. The molecule has 0 aliphatic heterocycles. The number of anilines is 1. The van der Waals surface area contributed by atoms with E-state index in [1.54, 1.807) is 6.20 Å². The summed E-state index contributed by atoms with van der Waals surface area (Å²) in [7, 11) is 0. The van der Waals surface area contributed by atoms with E-state index in [1.165, 1.54) is 0 Å². The van der Waals surface area contributed by atoms with Crippen LogP contribution in [0.5, 0.6) is 0 Å². The SMILES string of the molecule is CC(=CCCNC(C)(C)C)c1cc(Cl)cnc1N. The zero-order valence-electron chi connectivity index (χ0n) is 11.5. The third kappa shape index (κ3) is 5.07. The Labute approximate surface area is 114 Å². The first-order valence-electron chi connectivity index (χ1n) is 6.13. The molecule has 0 aliphatic carbocycles. The van der Waals surface area contributed by atoms with Crippen LogP contribution in [0.25, 0.3) is 5.57 Å². The number of hydrogen-bond donors (Lipinski definition) is 2. The summed E-state index contributed by atoms with van der Waals surface area (Å²) < 4.78 is 0. The van der Waals surface area contributed by atoms with Crippen molar-refractivity contribution in [2.24, 2.45) is 0 Å². The maximum Gasteiger partial charge on any atom is 0.130 e. The van der Waals surface area contributed by atoms with Crippen molar-refractivity contribution < 1.29 is 0 Å². The molecule has 0 aliphatic rings. The average Bonchev–Trinajstić information content (AvgIpc) is 2.26. The van der Waals surface area contributed by atoms with E-state index in [0.717, 1.165) is 24.1 Å². The number of aromatic nitrogens is 1. The van der Waals surface area contributed by atoms with E-state index in [1.807, 2.05) is 13.0 Å². The number of hydrogen-bond acceptors (Lipinski definition) is 3. The van der Waals surface area contributed by atoms with Gasteiger partial charge in [0, 0.05) is 17.3 Å². The monoisotopic (exact) mass is 267 g/mol. The van der Waals surface area contributed by atoms with Gasteiger partial charge in [0.25, 0.3) is 0 Å². The summed E-state index contributed by atoms with van der Waals surface area (Å²) in [6.45, 7) is 9.43. The second-order valence-corrected chi connectivity index (χ2v) is 5.88. The Morgan fingerprint density at radius 3 is 2.78 bits per heavy atom. The van der Waals surface area contributed by atoms with Gasteiger partial charge < -0.3 is 11.1 Å². The van der Waals surface area contributed by atoms with E-state index in [-0.39, 0.29) is 5.54 Å². The highest BCUT2D eigenvalue weighted by Crippen LogP contribution is 2.22. The minimum Gasteiger partial charge on any atom is -0.383 e. The Balaban J connectivity index is 2.63. The molecule has 18 heavy (non-hydrogen) atoms. The first-order valence-corrected chi connectivity index (χ1v) is 6.50. The van der Waals surface area contributed by atoms with Gasteiger partial charge in [-0.15, -0.1) is 0 Å². The molecule has 0 atom stereocenters. The van der Waals surface area contributed by atoms with Crippen molar-refractivity contribution in [1.29, 1.82) is 0 Å². The predicted molar refractivity (Wildman–Crippen MR) is 79.7 cm³/mol. The molecule has 3 N–H and O–H groups in total. The zero-order valence-corrected chi connectivity index (χ0v) is 12.3. The second-order valence-electron chi connectivity index (χ2n) is 5.44. The Bertz CT molecular complexity index is 433. The molecular weight excluding hydrogens is 246 g/mol. The van der Waals surface area contributed by atoms with Crippen LogP contribution < -0.4 is 11.1 Å². The van der Waals surface area contributed by atoms with E-state index in [4.69, 9.17) is 17.3 Å². The molecule has 0 amide bonds. The smallest absolute Gasteiger partial charge is 0.130 e. The second kappa shape index (κ2) is 6.21. The summed E-state index contributed by atoms with van der Waals surface area (Å²) >= 11 is 5.92. The largest absolute Gasteiger partial charge is 0.383 e. The van der Waals surface area contributed by atoms with Gasteiger partial charge in [0.15, 0.2) is 0 Å². The summed E-state index contributed by atoms with van der Waals surface area (Å²) in [6.07, 6.45) is 4.67. The molecule has 1 aromatic rings. The Morgan fingerprint density at radius 2 is 2.17 bits per heavy atom. The molecule has 0 aromatic carbocycles. The van der Waals surface area contributed by atoms with Crippen LogP contribution in [0.4, 0.5) is 5.82 Å². The number of allylic oxidation sites excluding steroid dienone is 1.